The van der Waals surface area contributed by atoms with E-state index in [0.29, 0.717) is 12.2 Å². The van der Waals surface area contributed by atoms with Crippen LogP contribution in [-0.2, 0) is 6.42 Å². The van der Waals surface area contributed by atoms with Crippen molar-refractivity contribution >= 4 is 11.4 Å². The Labute approximate surface area is 81.3 Å². The van der Waals surface area contributed by atoms with Crippen molar-refractivity contribution in [2.24, 2.45) is 0 Å². The second-order valence-corrected chi connectivity index (χ2v) is 3.48. The third-order valence-electron chi connectivity index (χ3n) is 2.46. The number of anilines is 2. The van der Waals surface area contributed by atoms with Gasteiger partial charge in [-0.05, 0) is 24.1 Å². The van der Waals surface area contributed by atoms with Gasteiger partial charge in [-0.1, -0.05) is 6.07 Å². The lowest BCUT2D eigenvalue weighted by Gasteiger charge is -2.18. The molecule has 0 aromatic heterocycles. The van der Waals surface area contributed by atoms with E-state index in [4.69, 9.17) is 5.73 Å². The summed E-state index contributed by atoms with van der Waals surface area (Å²) in [7, 11) is 0. The first-order chi connectivity index (χ1) is 6.66. The fourth-order valence-electron chi connectivity index (χ4n) is 1.82. The molecule has 2 rings (SSSR count). The number of alkyl halides is 2. The minimum absolute atomic E-state index is 0.198. The van der Waals surface area contributed by atoms with Crippen molar-refractivity contribution in [2.75, 3.05) is 23.7 Å². The van der Waals surface area contributed by atoms with E-state index in [9.17, 15) is 8.78 Å². The Morgan fingerprint density at radius 2 is 2.21 bits per heavy atom. The fraction of sp³-hybridized carbons (Fsp3) is 0.400. The number of nitrogen functional groups attached to an aromatic ring is 1. The first-order valence-electron chi connectivity index (χ1n) is 4.58. The average molecular weight is 198 g/mol. The molecular formula is C10H12F2N2. The third kappa shape index (κ3) is 1.64. The van der Waals surface area contributed by atoms with Crippen molar-refractivity contribution < 1.29 is 8.78 Å². The van der Waals surface area contributed by atoms with Crippen LogP contribution < -0.4 is 10.6 Å². The number of fused-ring (bicyclic) bond motifs is 1. The average Bonchev–Trinajstić information content (AvgIpc) is 2.47. The molecule has 1 aliphatic heterocycles. The largest absolute Gasteiger partial charge is 0.399 e. The van der Waals surface area contributed by atoms with Crippen molar-refractivity contribution in [1.29, 1.82) is 0 Å². The van der Waals surface area contributed by atoms with Crippen LogP contribution in [0.15, 0.2) is 18.2 Å². The molecule has 14 heavy (non-hydrogen) atoms. The standard InChI is InChI=1S/C10H12F2N2/c11-10(12)6-14-4-3-7-1-2-8(13)5-9(7)14/h1-2,5,10H,3-4,6,13H2. The first-order valence-corrected chi connectivity index (χ1v) is 4.58. The van der Waals surface area contributed by atoms with Crippen molar-refractivity contribution in [3.05, 3.63) is 23.8 Å². The number of benzene rings is 1. The summed E-state index contributed by atoms with van der Waals surface area (Å²) in [5.41, 5.74) is 8.22. The van der Waals surface area contributed by atoms with E-state index in [1.54, 1.807) is 11.0 Å². The van der Waals surface area contributed by atoms with Gasteiger partial charge in [0.2, 0.25) is 0 Å². The Balaban J connectivity index is 2.24. The molecule has 0 unspecified atom stereocenters. The van der Waals surface area contributed by atoms with Crippen LogP contribution in [0.5, 0.6) is 0 Å². The Hall–Kier alpha value is -1.32. The maximum atomic E-state index is 12.2. The van der Waals surface area contributed by atoms with E-state index in [1.807, 2.05) is 12.1 Å². The summed E-state index contributed by atoms with van der Waals surface area (Å²) in [6.45, 7) is 0.472. The lowest BCUT2D eigenvalue weighted by atomic mass is 10.1. The molecule has 1 heterocycles. The second kappa shape index (κ2) is 3.44. The molecule has 1 aliphatic rings. The molecule has 0 atom stereocenters. The maximum Gasteiger partial charge on any atom is 0.255 e. The highest BCUT2D eigenvalue weighted by atomic mass is 19.3. The minimum atomic E-state index is -2.29. The minimum Gasteiger partial charge on any atom is -0.399 e. The molecule has 0 radical (unpaired) electrons. The van der Waals surface area contributed by atoms with Crippen LogP contribution in [0.2, 0.25) is 0 Å². The van der Waals surface area contributed by atoms with Gasteiger partial charge in [0, 0.05) is 17.9 Å². The predicted octanol–water partition coefficient (Wildman–Crippen LogP) is 1.90. The molecule has 0 fully saturated rings. The van der Waals surface area contributed by atoms with E-state index in [0.717, 1.165) is 17.7 Å². The molecule has 2 N–H and O–H groups in total. The van der Waals surface area contributed by atoms with Crippen LogP contribution in [0.1, 0.15) is 5.56 Å². The molecule has 0 bridgehead atoms. The number of nitrogens with two attached hydrogens (primary N) is 1. The van der Waals surface area contributed by atoms with Gasteiger partial charge in [-0.25, -0.2) is 8.78 Å². The van der Waals surface area contributed by atoms with Crippen LogP contribution in [0, 0.1) is 0 Å². The van der Waals surface area contributed by atoms with Crippen LogP contribution in [0.25, 0.3) is 0 Å². The molecule has 0 saturated heterocycles. The number of rotatable bonds is 2. The normalized spacial score (nSPS) is 14.9. The van der Waals surface area contributed by atoms with Gasteiger partial charge in [0.25, 0.3) is 6.43 Å². The summed E-state index contributed by atoms with van der Waals surface area (Å²) in [4.78, 5) is 1.69. The number of hydrogen-bond donors (Lipinski definition) is 1. The molecule has 76 valence electrons. The topological polar surface area (TPSA) is 29.3 Å². The summed E-state index contributed by atoms with van der Waals surface area (Å²) in [6.07, 6.45) is -1.45. The van der Waals surface area contributed by atoms with Gasteiger partial charge in [-0.3, -0.25) is 0 Å². The zero-order chi connectivity index (χ0) is 10.1. The molecule has 1 aromatic rings. The first kappa shape index (κ1) is 9.24. The van der Waals surface area contributed by atoms with Gasteiger partial charge in [0.1, 0.15) is 0 Å². The summed E-state index contributed by atoms with van der Waals surface area (Å²) >= 11 is 0. The maximum absolute atomic E-state index is 12.2. The zero-order valence-corrected chi connectivity index (χ0v) is 7.71. The van der Waals surface area contributed by atoms with E-state index < -0.39 is 6.43 Å². The molecule has 1 aromatic carbocycles. The van der Waals surface area contributed by atoms with Gasteiger partial charge in [0.15, 0.2) is 0 Å². The Bertz CT molecular complexity index is 339. The highest BCUT2D eigenvalue weighted by molar-refractivity contribution is 5.64. The molecule has 0 saturated carbocycles. The SMILES string of the molecule is Nc1ccc2c(c1)N(CC(F)F)CC2. The molecule has 2 nitrogen and oxygen atoms in total. The monoisotopic (exact) mass is 198 g/mol. The molecule has 4 heteroatoms. The predicted molar refractivity (Wildman–Crippen MR) is 52.8 cm³/mol. The fourth-order valence-corrected chi connectivity index (χ4v) is 1.82. The zero-order valence-electron chi connectivity index (χ0n) is 7.71. The summed E-state index contributed by atoms with van der Waals surface area (Å²) < 4.78 is 24.4. The van der Waals surface area contributed by atoms with Crippen molar-refractivity contribution in [2.45, 2.75) is 12.8 Å². The van der Waals surface area contributed by atoms with Crippen LogP contribution >= 0.6 is 0 Å². The van der Waals surface area contributed by atoms with Crippen molar-refractivity contribution in [1.82, 2.24) is 0 Å². The van der Waals surface area contributed by atoms with E-state index in [2.05, 4.69) is 0 Å². The van der Waals surface area contributed by atoms with Crippen LogP contribution in [0.3, 0.4) is 0 Å². The van der Waals surface area contributed by atoms with Crippen molar-refractivity contribution in [3.8, 4) is 0 Å². The molecule has 0 aliphatic carbocycles. The van der Waals surface area contributed by atoms with E-state index in [-0.39, 0.29) is 6.54 Å². The Kier molecular flexibility index (Phi) is 2.27. The molecular weight excluding hydrogens is 186 g/mol. The van der Waals surface area contributed by atoms with Gasteiger partial charge >= 0.3 is 0 Å². The van der Waals surface area contributed by atoms with E-state index in [1.165, 1.54) is 0 Å². The third-order valence-corrected chi connectivity index (χ3v) is 2.46. The number of halogens is 2. The molecule has 0 amide bonds. The lowest BCUT2D eigenvalue weighted by Crippen LogP contribution is -2.26. The van der Waals surface area contributed by atoms with Gasteiger partial charge in [0.05, 0.1) is 6.54 Å². The smallest absolute Gasteiger partial charge is 0.255 e. The number of hydrogen-bond acceptors (Lipinski definition) is 2. The van der Waals surface area contributed by atoms with Gasteiger partial charge < -0.3 is 10.6 Å². The summed E-state index contributed by atoms with van der Waals surface area (Å²) in [5, 5.41) is 0. The highest BCUT2D eigenvalue weighted by Gasteiger charge is 2.21. The Morgan fingerprint density at radius 3 is 2.93 bits per heavy atom. The van der Waals surface area contributed by atoms with Crippen LogP contribution in [0.4, 0.5) is 20.2 Å². The molecule has 0 spiro atoms. The lowest BCUT2D eigenvalue weighted by molar-refractivity contribution is 0.155. The van der Waals surface area contributed by atoms with Crippen LogP contribution in [-0.4, -0.2) is 19.5 Å². The second-order valence-electron chi connectivity index (χ2n) is 3.48. The quantitative estimate of drug-likeness (QED) is 0.735. The summed E-state index contributed by atoms with van der Waals surface area (Å²) in [5.74, 6) is 0. The Morgan fingerprint density at radius 1 is 1.43 bits per heavy atom. The van der Waals surface area contributed by atoms with Gasteiger partial charge in [-0.2, -0.15) is 0 Å². The van der Waals surface area contributed by atoms with E-state index >= 15 is 0 Å². The highest BCUT2D eigenvalue weighted by Crippen LogP contribution is 2.30. The van der Waals surface area contributed by atoms with Crippen molar-refractivity contribution in [3.63, 3.8) is 0 Å². The summed E-state index contributed by atoms with van der Waals surface area (Å²) in [6, 6.07) is 5.49. The number of nitrogens with zero attached hydrogens (tertiary/aromatic N) is 1. The van der Waals surface area contributed by atoms with Gasteiger partial charge in [-0.15, -0.1) is 0 Å².